The van der Waals surface area contributed by atoms with Crippen molar-refractivity contribution in [1.29, 1.82) is 0 Å². The molecule has 1 aliphatic heterocycles. The van der Waals surface area contributed by atoms with E-state index in [4.69, 9.17) is 9.47 Å². The van der Waals surface area contributed by atoms with Crippen LogP contribution in [0.25, 0.3) is 0 Å². The van der Waals surface area contributed by atoms with Gasteiger partial charge in [0.1, 0.15) is 6.54 Å². The fourth-order valence-corrected chi connectivity index (χ4v) is 3.89. The van der Waals surface area contributed by atoms with Crippen molar-refractivity contribution in [2.45, 2.75) is 46.8 Å². The topological polar surface area (TPSA) is 59.1 Å². The van der Waals surface area contributed by atoms with E-state index in [1.165, 1.54) is 0 Å². The molecule has 2 heterocycles. The van der Waals surface area contributed by atoms with E-state index in [0.29, 0.717) is 18.8 Å². The van der Waals surface area contributed by atoms with Gasteiger partial charge in [-0.1, -0.05) is 26.0 Å². The minimum atomic E-state index is -0.148. The first-order valence-corrected chi connectivity index (χ1v) is 10.7. The van der Waals surface area contributed by atoms with Crippen molar-refractivity contribution in [2.75, 3.05) is 13.3 Å². The molecule has 1 aromatic carbocycles. The third-order valence-electron chi connectivity index (χ3n) is 4.80. The average Bonchev–Trinajstić information content (AvgIpc) is 3.35. The van der Waals surface area contributed by atoms with Crippen LogP contribution < -0.4 is 9.47 Å². The van der Waals surface area contributed by atoms with Crippen molar-refractivity contribution in [1.82, 2.24) is 9.80 Å². The Morgan fingerprint density at radius 2 is 1.83 bits per heavy atom. The van der Waals surface area contributed by atoms with Gasteiger partial charge < -0.3 is 19.3 Å². The molecule has 0 N–H and O–H groups in total. The Morgan fingerprint density at radius 1 is 1.07 bits per heavy atom. The lowest BCUT2D eigenvalue weighted by atomic mass is 10.1. The van der Waals surface area contributed by atoms with Crippen LogP contribution in [-0.2, 0) is 22.7 Å². The Bertz CT molecular complexity index is 849. The molecule has 2 amide bonds. The van der Waals surface area contributed by atoms with Crippen molar-refractivity contribution in [3.63, 3.8) is 0 Å². The van der Waals surface area contributed by atoms with Gasteiger partial charge in [0.25, 0.3) is 0 Å². The smallest absolute Gasteiger partial charge is 0.242 e. The molecule has 0 radical (unpaired) electrons. The van der Waals surface area contributed by atoms with E-state index in [9.17, 15) is 9.59 Å². The largest absolute Gasteiger partial charge is 0.454 e. The van der Waals surface area contributed by atoms with Crippen molar-refractivity contribution in [2.24, 2.45) is 5.92 Å². The lowest BCUT2D eigenvalue weighted by Gasteiger charge is -2.31. The molecule has 29 heavy (non-hydrogen) atoms. The first-order chi connectivity index (χ1) is 13.8. The van der Waals surface area contributed by atoms with Crippen LogP contribution in [0, 0.1) is 5.92 Å². The molecule has 0 unspecified atom stereocenters. The molecule has 0 aliphatic carbocycles. The third-order valence-corrected chi connectivity index (χ3v) is 5.66. The second-order valence-corrected chi connectivity index (χ2v) is 8.76. The number of rotatable bonds is 8. The summed E-state index contributed by atoms with van der Waals surface area (Å²) in [5, 5.41) is 2.00. The van der Waals surface area contributed by atoms with Crippen molar-refractivity contribution >= 4 is 23.2 Å². The van der Waals surface area contributed by atoms with E-state index in [0.717, 1.165) is 16.2 Å². The summed E-state index contributed by atoms with van der Waals surface area (Å²) < 4.78 is 10.8. The van der Waals surface area contributed by atoms with Crippen LogP contribution in [0.3, 0.4) is 0 Å². The second kappa shape index (κ2) is 9.31. The SMILES string of the molecule is CC(C)C(=O)N(CC(=O)N(Cc1ccc2c(c1)OCO2)Cc1cccs1)C(C)C. The van der Waals surface area contributed by atoms with E-state index in [1.54, 1.807) is 21.1 Å². The molecule has 0 bridgehead atoms. The second-order valence-electron chi connectivity index (χ2n) is 7.73. The predicted octanol–water partition coefficient (Wildman–Crippen LogP) is 3.90. The van der Waals surface area contributed by atoms with Crippen LogP contribution in [0.1, 0.15) is 38.1 Å². The molecule has 3 rings (SSSR count). The standard InChI is InChI=1S/C22H28N2O4S/c1-15(2)22(26)24(16(3)4)13-21(25)23(12-18-6-5-9-29-18)11-17-7-8-19-20(10-17)28-14-27-19/h5-10,15-16H,11-14H2,1-4H3. The summed E-state index contributed by atoms with van der Waals surface area (Å²) in [6.45, 7) is 8.84. The van der Waals surface area contributed by atoms with Gasteiger partial charge in [0.2, 0.25) is 18.6 Å². The van der Waals surface area contributed by atoms with Crippen LogP contribution in [-0.4, -0.2) is 41.0 Å². The predicted molar refractivity (Wildman–Crippen MR) is 113 cm³/mol. The molecule has 0 fully saturated rings. The fourth-order valence-electron chi connectivity index (χ4n) is 3.17. The normalized spacial score (nSPS) is 12.5. The molecule has 0 atom stereocenters. The van der Waals surface area contributed by atoms with E-state index in [1.807, 2.05) is 63.4 Å². The van der Waals surface area contributed by atoms with Crippen molar-refractivity contribution in [3.05, 3.63) is 46.2 Å². The highest BCUT2D eigenvalue weighted by Gasteiger charge is 2.26. The minimum absolute atomic E-state index is 0.00694. The number of carbonyl (C=O) groups excluding carboxylic acids is 2. The molecular formula is C22H28N2O4S. The summed E-state index contributed by atoms with van der Waals surface area (Å²) in [7, 11) is 0. The lowest BCUT2D eigenvalue weighted by Crippen LogP contribution is -2.46. The Kier molecular flexibility index (Phi) is 6.79. The van der Waals surface area contributed by atoms with Crippen molar-refractivity contribution in [3.8, 4) is 11.5 Å². The first-order valence-electron chi connectivity index (χ1n) is 9.84. The summed E-state index contributed by atoms with van der Waals surface area (Å²) in [5.74, 6) is 1.19. The summed E-state index contributed by atoms with van der Waals surface area (Å²) in [6.07, 6.45) is 0. The van der Waals surface area contributed by atoms with Crippen molar-refractivity contribution < 1.29 is 19.1 Å². The third kappa shape index (κ3) is 5.29. The average molecular weight is 417 g/mol. The van der Waals surface area contributed by atoms with Crippen LogP contribution in [0.5, 0.6) is 11.5 Å². The minimum Gasteiger partial charge on any atom is -0.454 e. The number of thiophene rings is 1. The number of carbonyl (C=O) groups is 2. The molecule has 2 aromatic rings. The maximum Gasteiger partial charge on any atom is 0.242 e. The van der Waals surface area contributed by atoms with E-state index in [2.05, 4.69) is 0 Å². The molecule has 7 heteroatoms. The highest BCUT2D eigenvalue weighted by molar-refractivity contribution is 7.09. The summed E-state index contributed by atoms with van der Waals surface area (Å²) >= 11 is 1.62. The molecular weight excluding hydrogens is 388 g/mol. The Hall–Kier alpha value is -2.54. The van der Waals surface area contributed by atoms with Gasteiger partial charge in [-0.2, -0.15) is 0 Å². The molecule has 0 spiro atoms. The molecule has 0 saturated heterocycles. The van der Waals surface area contributed by atoms with E-state index in [-0.39, 0.29) is 37.1 Å². The number of benzene rings is 1. The maximum absolute atomic E-state index is 13.2. The zero-order valence-electron chi connectivity index (χ0n) is 17.4. The lowest BCUT2D eigenvalue weighted by molar-refractivity contribution is -0.144. The zero-order valence-corrected chi connectivity index (χ0v) is 18.2. The van der Waals surface area contributed by atoms with Gasteiger partial charge in [0, 0.05) is 23.4 Å². The highest BCUT2D eigenvalue weighted by atomic mass is 32.1. The number of hydrogen-bond acceptors (Lipinski definition) is 5. The van der Waals surface area contributed by atoms with Gasteiger partial charge in [-0.3, -0.25) is 9.59 Å². The van der Waals surface area contributed by atoms with Gasteiger partial charge >= 0.3 is 0 Å². The quantitative estimate of drug-likeness (QED) is 0.655. The fraction of sp³-hybridized carbons (Fsp3) is 0.455. The van der Waals surface area contributed by atoms with E-state index < -0.39 is 0 Å². The van der Waals surface area contributed by atoms with Gasteiger partial charge in [-0.05, 0) is 43.0 Å². The maximum atomic E-state index is 13.2. The summed E-state index contributed by atoms with van der Waals surface area (Å²) in [4.78, 5) is 30.4. The van der Waals surface area contributed by atoms with Crippen LogP contribution in [0.4, 0.5) is 0 Å². The van der Waals surface area contributed by atoms with Gasteiger partial charge in [0.05, 0.1) is 6.54 Å². The molecule has 156 valence electrons. The number of ether oxygens (including phenoxy) is 2. The van der Waals surface area contributed by atoms with Crippen LogP contribution in [0.2, 0.25) is 0 Å². The molecule has 0 saturated carbocycles. The van der Waals surface area contributed by atoms with E-state index >= 15 is 0 Å². The highest BCUT2D eigenvalue weighted by Crippen LogP contribution is 2.33. The summed E-state index contributed by atoms with van der Waals surface area (Å²) in [6, 6.07) is 9.69. The molecule has 1 aliphatic rings. The number of fused-ring (bicyclic) bond motifs is 1. The number of nitrogens with zero attached hydrogens (tertiary/aromatic N) is 2. The number of hydrogen-bond donors (Lipinski definition) is 0. The van der Waals surface area contributed by atoms with Gasteiger partial charge in [-0.25, -0.2) is 0 Å². The van der Waals surface area contributed by atoms with Gasteiger partial charge in [-0.15, -0.1) is 11.3 Å². The monoisotopic (exact) mass is 416 g/mol. The molecule has 1 aromatic heterocycles. The van der Waals surface area contributed by atoms with Crippen LogP contribution in [0.15, 0.2) is 35.7 Å². The first kappa shape index (κ1) is 21.2. The van der Waals surface area contributed by atoms with Gasteiger partial charge in [0.15, 0.2) is 11.5 Å². The Labute approximate surface area is 176 Å². The Balaban J connectivity index is 1.78. The summed E-state index contributed by atoms with van der Waals surface area (Å²) in [5.41, 5.74) is 0.963. The van der Waals surface area contributed by atoms with Crippen LogP contribution >= 0.6 is 11.3 Å². The molecule has 6 nitrogen and oxygen atoms in total. The number of amides is 2. The Morgan fingerprint density at radius 3 is 2.48 bits per heavy atom. The zero-order chi connectivity index (χ0) is 21.0.